The van der Waals surface area contributed by atoms with E-state index in [-0.39, 0.29) is 4.90 Å². The van der Waals surface area contributed by atoms with Crippen LogP contribution in [0.5, 0.6) is 0 Å². The molecule has 124 valence electrons. The largest absolute Gasteiger partial charge is 0.244 e. The normalized spacial score (nSPS) is 12.9. The van der Waals surface area contributed by atoms with Crippen molar-refractivity contribution >= 4 is 21.4 Å². The Morgan fingerprint density at radius 2 is 1.71 bits per heavy atom. The lowest BCUT2D eigenvalue weighted by atomic mass is 10.0. The monoisotopic (exact) mass is 361 g/mol. The van der Waals surface area contributed by atoms with Gasteiger partial charge in [0.2, 0.25) is 10.0 Å². The second-order valence-corrected chi connectivity index (χ2v) is 8.07. The van der Waals surface area contributed by atoms with Crippen molar-refractivity contribution in [3.05, 3.63) is 87.9 Å². The van der Waals surface area contributed by atoms with Crippen molar-refractivity contribution in [1.29, 1.82) is 0 Å². The van der Waals surface area contributed by atoms with Gasteiger partial charge in [-0.15, -0.1) is 11.3 Å². The number of hydrogen-bond donors (Lipinski definition) is 1. The van der Waals surface area contributed by atoms with E-state index < -0.39 is 21.9 Å². The topological polar surface area (TPSA) is 46.2 Å². The maximum absolute atomic E-state index is 13.9. The van der Waals surface area contributed by atoms with Crippen LogP contribution in [0.15, 0.2) is 70.9 Å². The molecule has 3 aromatic rings. The molecule has 3 rings (SSSR count). The van der Waals surface area contributed by atoms with Crippen molar-refractivity contribution in [3.63, 3.8) is 0 Å². The van der Waals surface area contributed by atoms with E-state index in [1.807, 2.05) is 48.7 Å². The molecule has 0 aliphatic carbocycles. The number of aryl methyl sites for hydroxylation is 1. The van der Waals surface area contributed by atoms with Crippen molar-refractivity contribution < 1.29 is 12.8 Å². The van der Waals surface area contributed by atoms with Gasteiger partial charge in [0.05, 0.1) is 6.04 Å². The van der Waals surface area contributed by atoms with E-state index in [1.54, 1.807) is 0 Å². The quantitative estimate of drug-likeness (QED) is 0.738. The van der Waals surface area contributed by atoms with Gasteiger partial charge in [0.1, 0.15) is 10.7 Å². The average molecular weight is 361 g/mol. The van der Waals surface area contributed by atoms with Gasteiger partial charge < -0.3 is 0 Å². The molecular formula is C18H16FNO2S2. The van der Waals surface area contributed by atoms with Gasteiger partial charge in [0, 0.05) is 4.88 Å². The van der Waals surface area contributed by atoms with Crippen LogP contribution >= 0.6 is 11.3 Å². The molecule has 6 heteroatoms. The Morgan fingerprint density at radius 1 is 1.00 bits per heavy atom. The lowest BCUT2D eigenvalue weighted by molar-refractivity contribution is 0.551. The fourth-order valence-corrected chi connectivity index (χ4v) is 4.55. The number of nitrogens with one attached hydrogen (secondary N) is 1. The second kappa shape index (κ2) is 6.84. The van der Waals surface area contributed by atoms with Gasteiger partial charge in [-0.05, 0) is 36.1 Å². The van der Waals surface area contributed by atoms with E-state index in [1.165, 1.54) is 29.5 Å². The number of sulfonamides is 1. The van der Waals surface area contributed by atoms with Crippen LogP contribution in [0.3, 0.4) is 0 Å². The first-order valence-corrected chi connectivity index (χ1v) is 9.70. The van der Waals surface area contributed by atoms with Crippen molar-refractivity contribution in [3.8, 4) is 0 Å². The molecule has 0 aliphatic heterocycles. The lowest BCUT2D eigenvalue weighted by Crippen LogP contribution is -2.29. The summed E-state index contributed by atoms with van der Waals surface area (Å²) in [6.07, 6.45) is 0. The summed E-state index contributed by atoms with van der Waals surface area (Å²) in [6.45, 7) is 1.97. The van der Waals surface area contributed by atoms with E-state index in [9.17, 15) is 12.8 Å². The minimum Gasteiger partial charge on any atom is -0.207 e. The van der Waals surface area contributed by atoms with Crippen molar-refractivity contribution in [2.75, 3.05) is 0 Å². The Hall–Kier alpha value is -2.02. The standard InChI is InChI=1S/C18H16FNO2S2/c1-13-8-10-14(11-9-13)18(16-6-4-12-23-16)20-24(21,22)17-7-3-2-5-15(17)19/h2-12,18,20H,1H3/t18-/m0/s1. The number of halogens is 1. The van der Waals surface area contributed by atoms with E-state index in [0.717, 1.165) is 22.1 Å². The molecule has 1 N–H and O–H groups in total. The van der Waals surface area contributed by atoms with Gasteiger partial charge in [-0.3, -0.25) is 0 Å². The lowest BCUT2D eigenvalue weighted by Gasteiger charge is -2.18. The highest BCUT2D eigenvalue weighted by Gasteiger charge is 2.25. The molecule has 1 aromatic heterocycles. The number of thiophene rings is 1. The third-order valence-corrected chi connectivity index (χ3v) is 6.03. The summed E-state index contributed by atoms with van der Waals surface area (Å²) in [4.78, 5) is 0.498. The Labute approximate surface area is 144 Å². The number of benzene rings is 2. The Bertz CT molecular complexity index is 920. The average Bonchev–Trinajstić information content (AvgIpc) is 3.08. The summed E-state index contributed by atoms with van der Waals surface area (Å²) >= 11 is 1.45. The van der Waals surface area contributed by atoms with Gasteiger partial charge in [0.15, 0.2) is 0 Å². The fraction of sp³-hybridized carbons (Fsp3) is 0.111. The van der Waals surface area contributed by atoms with Crippen molar-refractivity contribution in [2.24, 2.45) is 0 Å². The summed E-state index contributed by atoms with van der Waals surface area (Å²) in [7, 11) is -3.99. The molecule has 0 saturated carbocycles. The molecule has 1 heterocycles. The molecule has 0 spiro atoms. The van der Waals surface area contributed by atoms with Crippen LogP contribution < -0.4 is 4.72 Å². The molecule has 0 bridgehead atoms. The predicted octanol–water partition coefficient (Wildman–Crippen LogP) is 4.26. The maximum Gasteiger partial charge on any atom is 0.244 e. The van der Waals surface area contributed by atoms with E-state index in [2.05, 4.69) is 4.72 Å². The van der Waals surface area contributed by atoms with Crippen LogP contribution in [0.2, 0.25) is 0 Å². The minimum atomic E-state index is -3.99. The van der Waals surface area contributed by atoms with Crippen LogP contribution in [0, 0.1) is 12.7 Å². The van der Waals surface area contributed by atoms with Crippen LogP contribution in [0.25, 0.3) is 0 Å². The molecule has 0 unspecified atom stereocenters. The molecule has 0 aliphatic rings. The zero-order chi connectivity index (χ0) is 17.2. The second-order valence-electron chi connectivity index (χ2n) is 5.41. The van der Waals surface area contributed by atoms with Crippen molar-refractivity contribution in [2.45, 2.75) is 17.9 Å². The Morgan fingerprint density at radius 3 is 2.33 bits per heavy atom. The van der Waals surface area contributed by atoms with Gasteiger partial charge in [-0.25, -0.2) is 12.8 Å². The third-order valence-electron chi connectivity index (χ3n) is 3.64. The highest BCUT2D eigenvalue weighted by atomic mass is 32.2. The SMILES string of the molecule is Cc1ccc([C@H](NS(=O)(=O)c2ccccc2F)c2cccs2)cc1. The first-order valence-electron chi connectivity index (χ1n) is 7.34. The van der Waals surface area contributed by atoms with E-state index in [4.69, 9.17) is 0 Å². The highest BCUT2D eigenvalue weighted by molar-refractivity contribution is 7.89. The zero-order valence-electron chi connectivity index (χ0n) is 12.9. The van der Waals surface area contributed by atoms with Crippen LogP contribution in [0.1, 0.15) is 22.0 Å². The van der Waals surface area contributed by atoms with Gasteiger partial charge in [0.25, 0.3) is 0 Å². The first-order chi connectivity index (χ1) is 11.5. The minimum absolute atomic E-state index is 0.348. The maximum atomic E-state index is 13.9. The first kappa shape index (κ1) is 16.8. The number of rotatable bonds is 5. The van der Waals surface area contributed by atoms with Gasteiger partial charge >= 0.3 is 0 Å². The smallest absolute Gasteiger partial charge is 0.207 e. The third kappa shape index (κ3) is 3.56. The summed E-state index contributed by atoms with van der Waals surface area (Å²) < 4.78 is 41.9. The van der Waals surface area contributed by atoms with Gasteiger partial charge in [-0.1, -0.05) is 48.0 Å². The Balaban J connectivity index is 2.01. The summed E-state index contributed by atoms with van der Waals surface area (Å²) in [5, 5.41) is 1.88. The van der Waals surface area contributed by atoms with Crippen molar-refractivity contribution in [1.82, 2.24) is 4.72 Å². The number of hydrogen-bond acceptors (Lipinski definition) is 3. The van der Waals surface area contributed by atoms with E-state index in [0.29, 0.717) is 0 Å². The van der Waals surface area contributed by atoms with Crippen LogP contribution in [0.4, 0.5) is 4.39 Å². The Kier molecular flexibility index (Phi) is 4.80. The summed E-state index contributed by atoms with van der Waals surface area (Å²) in [5.74, 6) is -0.765. The molecule has 0 saturated heterocycles. The molecule has 0 amide bonds. The summed E-state index contributed by atoms with van der Waals surface area (Å²) in [5.41, 5.74) is 1.89. The molecule has 3 nitrogen and oxygen atoms in total. The predicted molar refractivity (Wildman–Crippen MR) is 94.1 cm³/mol. The molecular weight excluding hydrogens is 345 g/mol. The molecule has 2 aromatic carbocycles. The molecule has 1 atom stereocenters. The molecule has 24 heavy (non-hydrogen) atoms. The van der Waals surface area contributed by atoms with E-state index >= 15 is 0 Å². The zero-order valence-corrected chi connectivity index (χ0v) is 14.6. The molecule has 0 radical (unpaired) electrons. The van der Waals surface area contributed by atoms with Crippen LogP contribution in [-0.4, -0.2) is 8.42 Å². The fourth-order valence-electron chi connectivity index (χ4n) is 2.39. The van der Waals surface area contributed by atoms with Crippen LogP contribution in [-0.2, 0) is 10.0 Å². The summed E-state index contributed by atoms with van der Waals surface area (Å²) in [6, 6.07) is 16.1. The molecule has 0 fully saturated rings. The highest BCUT2D eigenvalue weighted by Crippen LogP contribution is 2.28. The van der Waals surface area contributed by atoms with Gasteiger partial charge in [-0.2, -0.15) is 4.72 Å².